The maximum Gasteiger partial charge on any atom is 0.213 e. The van der Waals surface area contributed by atoms with E-state index in [4.69, 9.17) is 0 Å². The molecule has 0 atom stereocenters. The fourth-order valence-electron chi connectivity index (χ4n) is 2.24. The normalized spacial score (nSPS) is 12.3. The van der Waals surface area contributed by atoms with Crippen molar-refractivity contribution in [3.63, 3.8) is 0 Å². The molecule has 1 aromatic heterocycles. The number of benzene rings is 1. The van der Waals surface area contributed by atoms with Crippen LogP contribution in [-0.4, -0.2) is 37.1 Å². The fourth-order valence-corrected chi connectivity index (χ4v) is 3.57. The Balaban J connectivity index is 2.01. The van der Waals surface area contributed by atoms with Gasteiger partial charge < -0.3 is 4.98 Å². The van der Waals surface area contributed by atoms with E-state index in [-0.39, 0.29) is 5.75 Å². The van der Waals surface area contributed by atoms with Crippen molar-refractivity contribution >= 4 is 20.9 Å². The van der Waals surface area contributed by atoms with E-state index in [9.17, 15) is 8.42 Å². The van der Waals surface area contributed by atoms with Gasteiger partial charge >= 0.3 is 0 Å². The van der Waals surface area contributed by atoms with Gasteiger partial charge in [-0.3, -0.25) is 0 Å². The molecule has 0 saturated carbocycles. The van der Waals surface area contributed by atoms with E-state index in [1.54, 1.807) is 7.05 Å². The minimum absolute atomic E-state index is 0.244. The van der Waals surface area contributed by atoms with Gasteiger partial charge in [0.1, 0.15) is 0 Å². The van der Waals surface area contributed by atoms with Crippen LogP contribution in [0.4, 0.5) is 0 Å². The molecule has 0 aliphatic rings. The minimum atomic E-state index is -3.11. The summed E-state index contributed by atoms with van der Waals surface area (Å²) >= 11 is 0. The number of para-hydroxylation sites is 1. The molecule has 5 heteroatoms. The van der Waals surface area contributed by atoms with Crippen molar-refractivity contribution in [2.24, 2.45) is 0 Å². The second-order valence-electron chi connectivity index (χ2n) is 5.10. The predicted octanol–water partition coefficient (Wildman–Crippen LogP) is 2.77. The first-order chi connectivity index (χ1) is 9.54. The molecular formula is C15H22N2O2S. The lowest BCUT2D eigenvalue weighted by Gasteiger charge is -2.16. The summed E-state index contributed by atoms with van der Waals surface area (Å²) < 4.78 is 25.5. The molecule has 2 rings (SSSR count). The summed E-state index contributed by atoms with van der Waals surface area (Å²) in [6.45, 7) is 2.52. The Bertz CT molecular complexity index is 661. The van der Waals surface area contributed by atoms with Crippen molar-refractivity contribution < 1.29 is 8.42 Å². The Morgan fingerprint density at radius 1 is 1.25 bits per heavy atom. The number of nitrogens with zero attached hydrogens (tertiary/aromatic N) is 1. The minimum Gasteiger partial charge on any atom is -0.361 e. The zero-order valence-electron chi connectivity index (χ0n) is 12.1. The highest BCUT2D eigenvalue weighted by atomic mass is 32.2. The first-order valence-corrected chi connectivity index (χ1v) is 8.64. The summed E-state index contributed by atoms with van der Waals surface area (Å²) in [7, 11) is -1.44. The second-order valence-corrected chi connectivity index (χ2v) is 7.30. The van der Waals surface area contributed by atoms with E-state index in [1.807, 2.05) is 31.3 Å². The SMILES string of the molecule is CCCCS(=O)(=O)N(C)CCc1c[nH]c2ccccc12. The van der Waals surface area contributed by atoms with Gasteiger partial charge in [0.15, 0.2) is 0 Å². The number of hydrogen-bond donors (Lipinski definition) is 1. The molecule has 0 saturated heterocycles. The smallest absolute Gasteiger partial charge is 0.213 e. The number of aromatic nitrogens is 1. The number of sulfonamides is 1. The quantitative estimate of drug-likeness (QED) is 0.853. The second kappa shape index (κ2) is 6.41. The monoisotopic (exact) mass is 294 g/mol. The van der Waals surface area contributed by atoms with E-state index >= 15 is 0 Å². The number of nitrogens with one attached hydrogen (secondary N) is 1. The zero-order valence-corrected chi connectivity index (χ0v) is 12.9. The third kappa shape index (κ3) is 3.41. The van der Waals surface area contributed by atoms with Crippen molar-refractivity contribution in [1.29, 1.82) is 0 Å². The molecule has 1 heterocycles. The molecule has 0 bridgehead atoms. The van der Waals surface area contributed by atoms with Gasteiger partial charge in [0.25, 0.3) is 0 Å². The maximum absolute atomic E-state index is 12.0. The Labute approximate surface area is 120 Å². The fraction of sp³-hybridized carbons (Fsp3) is 0.467. The predicted molar refractivity (Wildman–Crippen MR) is 83.3 cm³/mol. The number of rotatable bonds is 7. The number of hydrogen-bond acceptors (Lipinski definition) is 2. The standard InChI is InChI=1S/C15H22N2O2S/c1-3-4-11-20(18,19)17(2)10-9-13-12-16-15-8-6-5-7-14(13)15/h5-8,12,16H,3-4,9-11H2,1-2H3. The topological polar surface area (TPSA) is 53.2 Å². The molecule has 1 N–H and O–H groups in total. The highest BCUT2D eigenvalue weighted by Gasteiger charge is 2.17. The average Bonchev–Trinajstić information content (AvgIpc) is 2.86. The number of unbranched alkanes of at least 4 members (excludes halogenated alkanes) is 1. The molecule has 1 aromatic carbocycles. The van der Waals surface area contributed by atoms with Gasteiger partial charge in [-0.25, -0.2) is 12.7 Å². The molecule has 0 radical (unpaired) electrons. The van der Waals surface area contributed by atoms with Crippen LogP contribution < -0.4 is 0 Å². The summed E-state index contributed by atoms with van der Waals surface area (Å²) in [6.07, 6.45) is 4.32. The van der Waals surface area contributed by atoms with Crippen LogP contribution >= 0.6 is 0 Å². The van der Waals surface area contributed by atoms with Crippen LogP contribution in [0.25, 0.3) is 10.9 Å². The molecule has 2 aromatic rings. The van der Waals surface area contributed by atoms with E-state index in [1.165, 1.54) is 9.69 Å². The molecule has 110 valence electrons. The van der Waals surface area contributed by atoms with Gasteiger partial charge in [-0.05, 0) is 24.5 Å². The van der Waals surface area contributed by atoms with E-state index in [0.29, 0.717) is 6.54 Å². The summed E-state index contributed by atoms with van der Waals surface area (Å²) in [5.74, 6) is 0.244. The van der Waals surface area contributed by atoms with E-state index in [2.05, 4.69) is 11.1 Å². The Kier molecular flexibility index (Phi) is 4.83. The van der Waals surface area contributed by atoms with Gasteiger partial charge in [0.2, 0.25) is 10.0 Å². The highest BCUT2D eigenvalue weighted by Crippen LogP contribution is 2.18. The first kappa shape index (κ1) is 15.1. The van der Waals surface area contributed by atoms with E-state index in [0.717, 1.165) is 30.3 Å². The summed E-state index contributed by atoms with van der Waals surface area (Å²) in [5.41, 5.74) is 2.26. The third-order valence-electron chi connectivity index (χ3n) is 3.60. The van der Waals surface area contributed by atoms with E-state index < -0.39 is 10.0 Å². The number of H-pyrrole nitrogens is 1. The van der Waals surface area contributed by atoms with Crippen molar-refractivity contribution in [3.8, 4) is 0 Å². The van der Waals surface area contributed by atoms with Crippen LogP contribution in [0, 0.1) is 0 Å². The van der Waals surface area contributed by atoms with Crippen molar-refractivity contribution in [1.82, 2.24) is 9.29 Å². The zero-order chi connectivity index (χ0) is 14.6. The van der Waals surface area contributed by atoms with Gasteiger partial charge in [-0.15, -0.1) is 0 Å². The lowest BCUT2D eigenvalue weighted by Crippen LogP contribution is -2.31. The van der Waals surface area contributed by atoms with Crippen LogP contribution in [0.1, 0.15) is 25.3 Å². The van der Waals surface area contributed by atoms with Crippen LogP contribution in [-0.2, 0) is 16.4 Å². The third-order valence-corrected chi connectivity index (χ3v) is 5.54. The molecule has 0 unspecified atom stereocenters. The summed E-state index contributed by atoms with van der Waals surface area (Å²) in [5, 5.41) is 1.17. The van der Waals surface area contributed by atoms with Crippen molar-refractivity contribution in [3.05, 3.63) is 36.0 Å². The van der Waals surface area contributed by atoms with Gasteiger partial charge in [0.05, 0.1) is 5.75 Å². The molecular weight excluding hydrogens is 272 g/mol. The Morgan fingerprint density at radius 2 is 2.00 bits per heavy atom. The number of likely N-dealkylation sites (N-methyl/N-ethyl adjacent to an activating group) is 1. The van der Waals surface area contributed by atoms with Gasteiger partial charge in [0, 0.05) is 30.7 Å². The van der Waals surface area contributed by atoms with Crippen molar-refractivity contribution in [2.75, 3.05) is 19.3 Å². The molecule has 0 fully saturated rings. The largest absolute Gasteiger partial charge is 0.361 e. The number of aromatic amines is 1. The molecule has 0 aliphatic carbocycles. The molecule has 0 aliphatic heterocycles. The van der Waals surface area contributed by atoms with Gasteiger partial charge in [-0.1, -0.05) is 31.5 Å². The molecule has 20 heavy (non-hydrogen) atoms. The average molecular weight is 294 g/mol. The number of fused-ring (bicyclic) bond motifs is 1. The lowest BCUT2D eigenvalue weighted by molar-refractivity contribution is 0.471. The van der Waals surface area contributed by atoms with Crippen LogP contribution in [0.5, 0.6) is 0 Å². The summed E-state index contributed by atoms with van der Waals surface area (Å²) in [4.78, 5) is 3.22. The molecule has 0 spiro atoms. The summed E-state index contributed by atoms with van der Waals surface area (Å²) in [6, 6.07) is 8.08. The van der Waals surface area contributed by atoms with Crippen LogP contribution in [0.15, 0.2) is 30.5 Å². The first-order valence-electron chi connectivity index (χ1n) is 7.03. The van der Waals surface area contributed by atoms with Crippen molar-refractivity contribution in [2.45, 2.75) is 26.2 Å². The molecule has 0 amide bonds. The van der Waals surface area contributed by atoms with Gasteiger partial charge in [-0.2, -0.15) is 0 Å². The maximum atomic E-state index is 12.0. The van der Waals surface area contributed by atoms with Crippen LogP contribution in [0.2, 0.25) is 0 Å². The lowest BCUT2D eigenvalue weighted by atomic mass is 10.1. The molecule has 4 nitrogen and oxygen atoms in total. The highest BCUT2D eigenvalue weighted by molar-refractivity contribution is 7.89. The Hall–Kier alpha value is -1.33. The Morgan fingerprint density at radius 3 is 2.75 bits per heavy atom. The van der Waals surface area contributed by atoms with Crippen LogP contribution in [0.3, 0.4) is 0 Å².